The van der Waals surface area contributed by atoms with Crippen LogP contribution in [0.25, 0.3) is 11.3 Å². The summed E-state index contributed by atoms with van der Waals surface area (Å²) in [5, 5.41) is 11.8. The third-order valence-electron chi connectivity index (χ3n) is 6.64. The molecule has 36 heavy (non-hydrogen) atoms. The topological polar surface area (TPSA) is 90.9 Å². The average Bonchev–Trinajstić information content (AvgIpc) is 3.25. The smallest absolute Gasteiger partial charge is 0.318 e. The van der Waals surface area contributed by atoms with Crippen molar-refractivity contribution in [1.82, 2.24) is 25.3 Å². The maximum absolute atomic E-state index is 13.2. The minimum absolute atomic E-state index is 0.00297. The molecule has 4 rings (SSSR count). The van der Waals surface area contributed by atoms with Gasteiger partial charge in [-0.3, -0.25) is 4.79 Å². The van der Waals surface area contributed by atoms with Crippen LogP contribution in [0.5, 0.6) is 0 Å². The number of hydrogen-bond donors (Lipinski definition) is 1. The second-order valence-corrected chi connectivity index (χ2v) is 9.98. The molecule has 1 aromatic carbocycles. The molecule has 1 atom stereocenters. The lowest BCUT2D eigenvalue weighted by atomic mass is 10.1. The van der Waals surface area contributed by atoms with E-state index in [2.05, 4.69) is 51.6 Å². The summed E-state index contributed by atoms with van der Waals surface area (Å²) < 4.78 is 5.72. The second-order valence-electron chi connectivity index (χ2n) is 9.98. The molecular weight excluding hydrogens is 456 g/mol. The van der Waals surface area contributed by atoms with Crippen molar-refractivity contribution in [1.29, 1.82) is 0 Å². The van der Waals surface area contributed by atoms with Crippen LogP contribution in [0.1, 0.15) is 38.7 Å². The fourth-order valence-corrected chi connectivity index (χ4v) is 4.62. The van der Waals surface area contributed by atoms with Gasteiger partial charge in [-0.2, -0.15) is 0 Å². The fraction of sp³-hybridized carbons (Fsp3) is 0.556. The molecule has 0 saturated carbocycles. The highest BCUT2D eigenvalue weighted by Gasteiger charge is 2.27. The van der Waals surface area contributed by atoms with Crippen LogP contribution in [0.4, 0.5) is 10.6 Å². The Balaban J connectivity index is 1.35. The van der Waals surface area contributed by atoms with Gasteiger partial charge in [0.05, 0.1) is 11.8 Å². The van der Waals surface area contributed by atoms with E-state index in [9.17, 15) is 9.59 Å². The second kappa shape index (κ2) is 12.2. The fourth-order valence-electron chi connectivity index (χ4n) is 4.62. The number of hydrogen-bond acceptors (Lipinski definition) is 6. The first-order valence-electron chi connectivity index (χ1n) is 13.0. The first-order valence-corrected chi connectivity index (χ1v) is 13.0. The van der Waals surface area contributed by atoms with Gasteiger partial charge in [0.1, 0.15) is 6.54 Å². The van der Waals surface area contributed by atoms with Gasteiger partial charge in [0.15, 0.2) is 5.82 Å². The van der Waals surface area contributed by atoms with Crippen LogP contribution in [0.3, 0.4) is 0 Å². The van der Waals surface area contributed by atoms with Crippen LogP contribution < -0.4 is 10.2 Å². The summed E-state index contributed by atoms with van der Waals surface area (Å²) in [7, 11) is 0. The van der Waals surface area contributed by atoms with E-state index >= 15 is 0 Å². The Hall–Kier alpha value is -3.20. The maximum Gasteiger partial charge on any atom is 0.318 e. The van der Waals surface area contributed by atoms with Gasteiger partial charge in [-0.1, -0.05) is 29.8 Å². The summed E-state index contributed by atoms with van der Waals surface area (Å²) in [4.78, 5) is 31.6. The summed E-state index contributed by atoms with van der Waals surface area (Å²) in [6, 6.07) is 12.0. The van der Waals surface area contributed by atoms with Gasteiger partial charge in [0.25, 0.3) is 0 Å². The van der Waals surface area contributed by atoms with Crippen molar-refractivity contribution >= 4 is 17.8 Å². The normalized spacial score (nSPS) is 18.3. The Morgan fingerprint density at radius 2 is 1.86 bits per heavy atom. The Labute approximate surface area is 213 Å². The molecule has 1 N–H and O–H groups in total. The number of carbonyl (C=O) groups excluding carboxylic acids is 2. The molecular formula is C27H38N6O3. The lowest BCUT2D eigenvalue weighted by Gasteiger charge is -2.29. The highest BCUT2D eigenvalue weighted by Crippen LogP contribution is 2.20. The summed E-state index contributed by atoms with van der Waals surface area (Å²) in [6.45, 7) is 9.83. The highest BCUT2D eigenvalue weighted by molar-refractivity contribution is 5.84. The van der Waals surface area contributed by atoms with Gasteiger partial charge in [0, 0.05) is 50.9 Å². The van der Waals surface area contributed by atoms with Gasteiger partial charge in [0.2, 0.25) is 5.91 Å². The quantitative estimate of drug-likeness (QED) is 0.636. The molecule has 2 fully saturated rings. The summed E-state index contributed by atoms with van der Waals surface area (Å²) in [5.41, 5.74) is 3.10. The molecule has 1 aromatic heterocycles. The van der Waals surface area contributed by atoms with Crippen LogP contribution in [0, 0.1) is 6.92 Å². The average molecular weight is 495 g/mol. The molecule has 9 heteroatoms. The molecule has 0 unspecified atom stereocenters. The molecule has 2 aromatic rings. The molecule has 3 heterocycles. The molecule has 0 bridgehead atoms. The molecule has 0 spiro atoms. The minimum Gasteiger partial charge on any atom is -0.376 e. The van der Waals surface area contributed by atoms with Gasteiger partial charge >= 0.3 is 6.03 Å². The van der Waals surface area contributed by atoms with E-state index < -0.39 is 0 Å². The van der Waals surface area contributed by atoms with Crippen molar-refractivity contribution in [2.45, 2.75) is 52.2 Å². The van der Waals surface area contributed by atoms with E-state index in [1.165, 1.54) is 5.56 Å². The molecule has 0 radical (unpaired) electrons. The number of carbonyl (C=O) groups is 2. The lowest BCUT2D eigenvalue weighted by molar-refractivity contribution is -0.131. The van der Waals surface area contributed by atoms with Gasteiger partial charge < -0.3 is 24.8 Å². The van der Waals surface area contributed by atoms with Gasteiger partial charge in [-0.05, 0) is 52.2 Å². The van der Waals surface area contributed by atoms with Crippen molar-refractivity contribution in [2.75, 3.05) is 50.8 Å². The van der Waals surface area contributed by atoms with E-state index in [1.54, 1.807) is 4.90 Å². The molecule has 2 aliphatic heterocycles. The van der Waals surface area contributed by atoms with Crippen LogP contribution in [0.15, 0.2) is 36.4 Å². The lowest BCUT2D eigenvalue weighted by Crippen LogP contribution is -2.51. The number of anilines is 1. The number of ether oxygens (including phenoxy) is 1. The predicted molar refractivity (Wildman–Crippen MR) is 140 cm³/mol. The summed E-state index contributed by atoms with van der Waals surface area (Å²) in [5.74, 6) is 0.783. The number of rotatable bonds is 7. The first-order chi connectivity index (χ1) is 17.4. The van der Waals surface area contributed by atoms with Crippen LogP contribution in [-0.4, -0.2) is 90.0 Å². The number of amides is 3. The number of nitrogens with zero attached hydrogens (tertiary/aromatic N) is 5. The van der Waals surface area contributed by atoms with Gasteiger partial charge in [-0.15, -0.1) is 10.2 Å². The Bertz CT molecular complexity index is 1010. The SMILES string of the molecule is Cc1ccc(-c2ccc(N3CCCN(C(=O)CN(C[C@H]4CCCO4)C(=O)NC(C)C)CC3)nn2)cc1. The largest absolute Gasteiger partial charge is 0.376 e. The van der Waals surface area contributed by atoms with Crippen molar-refractivity contribution < 1.29 is 14.3 Å². The molecule has 194 valence electrons. The number of aryl methyl sites for hydroxylation is 1. The van der Waals surface area contributed by atoms with Crippen molar-refractivity contribution in [3.05, 3.63) is 42.0 Å². The van der Waals surface area contributed by atoms with E-state index in [0.717, 1.165) is 49.5 Å². The zero-order valence-electron chi connectivity index (χ0n) is 21.7. The number of benzene rings is 1. The summed E-state index contributed by atoms with van der Waals surface area (Å²) in [6.07, 6.45) is 2.74. The zero-order chi connectivity index (χ0) is 25.5. The number of urea groups is 1. The molecule has 3 amide bonds. The van der Waals surface area contributed by atoms with Crippen LogP contribution in [-0.2, 0) is 9.53 Å². The van der Waals surface area contributed by atoms with Crippen molar-refractivity contribution in [3.8, 4) is 11.3 Å². The Morgan fingerprint density at radius 3 is 2.53 bits per heavy atom. The third-order valence-corrected chi connectivity index (χ3v) is 6.64. The Kier molecular flexibility index (Phi) is 8.74. The summed E-state index contributed by atoms with van der Waals surface area (Å²) >= 11 is 0. The standard InChI is InChI=1S/C27H38N6O3/c1-20(2)28-27(35)33(18-23-6-4-17-36-23)19-26(34)32-14-5-13-31(15-16-32)25-12-11-24(29-30-25)22-9-7-21(3)8-10-22/h7-12,20,23H,4-6,13-19H2,1-3H3,(H,28,35)/t23-/m1/s1. The molecule has 0 aliphatic carbocycles. The minimum atomic E-state index is -0.214. The Morgan fingerprint density at radius 1 is 1.06 bits per heavy atom. The number of aromatic nitrogens is 2. The highest BCUT2D eigenvalue weighted by atomic mass is 16.5. The van der Waals surface area contributed by atoms with E-state index in [1.807, 2.05) is 30.9 Å². The molecule has 2 saturated heterocycles. The van der Waals surface area contributed by atoms with E-state index in [0.29, 0.717) is 26.2 Å². The van der Waals surface area contributed by atoms with Crippen LogP contribution >= 0.6 is 0 Å². The molecule has 9 nitrogen and oxygen atoms in total. The predicted octanol–water partition coefficient (Wildman–Crippen LogP) is 3.09. The third kappa shape index (κ3) is 6.94. The maximum atomic E-state index is 13.2. The zero-order valence-corrected chi connectivity index (χ0v) is 21.7. The van der Waals surface area contributed by atoms with E-state index in [-0.39, 0.29) is 30.6 Å². The number of nitrogens with one attached hydrogen (secondary N) is 1. The van der Waals surface area contributed by atoms with Crippen LogP contribution in [0.2, 0.25) is 0 Å². The van der Waals surface area contributed by atoms with Crippen molar-refractivity contribution in [3.63, 3.8) is 0 Å². The van der Waals surface area contributed by atoms with Gasteiger partial charge in [-0.25, -0.2) is 4.79 Å². The van der Waals surface area contributed by atoms with E-state index in [4.69, 9.17) is 4.74 Å². The monoisotopic (exact) mass is 494 g/mol. The molecule has 2 aliphatic rings. The van der Waals surface area contributed by atoms with Crippen molar-refractivity contribution in [2.24, 2.45) is 0 Å². The first kappa shape index (κ1) is 25.9.